The summed E-state index contributed by atoms with van der Waals surface area (Å²) in [5.41, 5.74) is 1.64. The third-order valence-corrected chi connectivity index (χ3v) is 3.85. The second kappa shape index (κ2) is 7.04. The number of benzene rings is 1. The van der Waals surface area contributed by atoms with Crippen LogP contribution in [0.2, 0.25) is 0 Å². The van der Waals surface area contributed by atoms with Crippen LogP contribution in [0.3, 0.4) is 0 Å². The van der Waals surface area contributed by atoms with E-state index < -0.39 is 0 Å². The van der Waals surface area contributed by atoms with E-state index in [0.717, 1.165) is 31.6 Å². The summed E-state index contributed by atoms with van der Waals surface area (Å²) in [4.78, 5) is 2.15. The Morgan fingerprint density at radius 3 is 2.95 bits per heavy atom. The van der Waals surface area contributed by atoms with Gasteiger partial charge in [0.15, 0.2) is 0 Å². The van der Waals surface area contributed by atoms with Crippen LogP contribution in [0, 0.1) is 11.7 Å². The van der Waals surface area contributed by atoms with E-state index in [1.165, 1.54) is 6.07 Å². The lowest BCUT2D eigenvalue weighted by atomic mass is 10.1. The molecule has 20 heavy (non-hydrogen) atoms. The van der Waals surface area contributed by atoms with Gasteiger partial charge in [-0.25, -0.2) is 4.39 Å². The van der Waals surface area contributed by atoms with Crippen LogP contribution in [0.5, 0.6) is 0 Å². The molecule has 0 aliphatic carbocycles. The lowest BCUT2D eigenvalue weighted by Crippen LogP contribution is -2.33. The van der Waals surface area contributed by atoms with Crippen molar-refractivity contribution in [3.63, 3.8) is 0 Å². The van der Waals surface area contributed by atoms with Gasteiger partial charge in [-0.3, -0.25) is 0 Å². The number of halogens is 1. The Balaban J connectivity index is 2.17. The normalized spacial score (nSPS) is 19.1. The molecule has 2 rings (SSSR count). The summed E-state index contributed by atoms with van der Waals surface area (Å²) >= 11 is 0. The molecule has 0 amide bonds. The zero-order valence-corrected chi connectivity index (χ0v) is 12.4. The topological polar surface area (TPSA) is 35.5 Å². The SMILES string of the molecule is CC(C)CNCc1c(F)cccc1N1CCCC1CO. The molecule has 0 bridgehead atoms. The van der Waals surface area contributed by atoms with Crippen molar-refractivity contribution >= 4 is 5.69 Å². The summed E-state index contributed by atoms with van der Waals surface area (Å²) in [6.07, 6.45) is 2.03. The monoisotopic (exact) mass is 280 g/mol. The minimum absolute atomic E-state index is 0.126. The maximum atomic E-state index is 14.1. The van der Waals surface area contributed by atoms with Gasteiger partial charge >= 0.3 is 0 Å². The fourth-order valence-corrected chi connectivity index (χ4v) is 2.82. The molecule has 1 aliphatic rings. The number of aliphatic hydroxyl groups is 1. The van der Waals surface area contributed by atoms with Crippen molar-refractivity contribution in [3.8, 4) is 0 Å². The van der Waals surface area contributed by atoms with Crippen LogP contribution >= 0.6 is 0 Å². The Morgan fingerprint density at radius 2 is 2.25 bits per heavy atom. The highest BCUT2D eigenvalue weighted by Crippen LogP contribution is 2.30. The van der Waals surface area contributed by atoms with Crippen molar-refractivity contribution in [3.05, 3.63) is 29.6 Å². The number of hydrogen-bond acceptors (Lipinski definition) is 3. The zero-order chi connectivity index (χ0) is 14.5. The van der Waals surface area contributed by atoms with Gasteiger partial charge in [-0.05, 0) is 37.4 Å². The molecule has 0 aromatic heterocycles. The van der Waals surface area contributed by atoms with Crippen LogP contribution in [-0.2, 0) is 6.54 Å². The highest BCUT2D eigenvalue weighted by atomic mass is 19.1. The molecule has 112 valence electrons. The smallest absolute Gasteiger partial charge is 0.129 e. The summed E-state index contributed by atoms with van der Waals surface area (Å²) in [7, 11) is 0. The average molecular weight is 280 g/mol. The van der Waals surface area contributed by atoms with E-state index in [0.29, 0.717) is 18.0 Å². The molecule has 4 heteroatoms. The van der Waals surface area contributed by atoms with Crippen LogP contribution in [0.25, 0.3) is 0 Å². The maximum absolute atomic E-state index is 14.1. The van der Waals surface area contributed by atoms with Crippen molar-refractivity contribution in [2.24, 2.45) is 5.92 Å². The van der Waals surface area contributed by atoms with Gasteiger partial charge in [-0.15, -0.1) is 0 Å². The third kappa shape index (κ3) is 3.49. The van der Waals surface area contributed by atoms with Crippen LogP contribution in [0.4, 0.5) is 10.1 Å². The van der Waals surface area contributed by atoms with E-state index in [4.69, 9.17) is 0 Å². The Morgan fingerprint density at radius 1 is 1.45 bits per heavy atom. The molecule has 0 radical (unpaired) electrons. The third-order valence-electron chi connectivity index (χ3n) is 3.85. The van der Waals surface area contributed by atoms with Crippen LogP contribution < -0.4 is 10.2 Å². The van der Waals surface area contributed by atoms with Crippen molar-refractivity contribution in [2.75, 3.05) is 24.6 Å². The molecule has 1 fully saturated rings. The van der Waals surface area contributed by atoms with E-state index in [1.807, 2.05) is 6.07 Å². The summed E-state index contributed by atoms with van der Waals surface area (Å²) in [5.74, 6) is 0.379. The fraction of sp³-hybridized carbons (Fsp3) is 0.625. The van der Waals surface area contributed by atoms with Gasteiger partial charge in [-0.2, -0.15) is 0 Å². The van der Waals surface area contributed by atoms with Gasteiger partial charge in [0.1, 0.15) is 5.82 Å². The van der Waals surface area contributed by atoms with Crippen molar-refractivity contribution in [2.45, 2.75) is 39.3 Å². The molecule has 3 nitrogen and oxygen atoms in total. The summed E-state index contributed by atoms with van der Waals surface area (Å²) in [6.45, 7) is 6.71. The molecule has 1 aromatic carbocycles. The Hall–Kier alpha value is -1.13. The van der Waals surface area contributed by atoms with Crippen molar-refractivity contribution in [1.29, 1.82) is 0 Å². The number of anilines is 1. The number of rotatable bonds is 6. The van der Waals surface area contributed by atoms with Crippen molar-refractivity contribution in [1.82, 2.24) is 5.32 Å². The van der Waals surface area contributed by atoms with Crippen LogP contribution in [-0.4, -0.2) is 30.8 Å². The Bertz CT molecular complexity index is 436. The predicted octanol–water partition coefficient (Wildman–Crippen LogP) is 2.53. The van der Waals surface area contributed by atoms with E-state index in [1.54, 1.807) is 6.07 Å². The minimum atomic E-state index is -0.164. The maximum Gasteiger partial charge on any atom is 0.129 e. The largest absolute Gasteiger partial charge is 0.394 e. The van der Waals surface area contributed by atoms with E-state index in [-0.39, 0.29) is 18.5 Å². The average Bonchev–Trinajstić information content (AvgIpc) is 2.88. The first kappa shape index (κ1) is 15.3. The molecule has 2 N–H and O–H groups in total. The number of aliphatic hydroxyl groups excluding tert-OH is 1. The molecule has 0 saturated carbocycles. The summed E-state index contributed by atoms with van der Waals surface area (Å²) < 4.78 is 14.1. The standard InChI is InChI=1S/C16H25FN2O/c1-12(2)9-18-10-14-15(17)6-3-7-16(14)19-8-4-5-13(19)11-20/h3,6-7,12-13,18,20H,4-5,8-11H2,1-2H3. The first-order chi connectivity index (χ1) is 9.63. The van der Waals surface area contributed by atoms with Crippen molar-refractivity contribution < 1.29 is 9.50 Å². The summed E-state index contributed by atoms with van der Waals surface area (Å²) in [5, 5.41) is 12.8. The molecular formula is C16H25FN2O. The van der Waals surface area contributed by atoms with Gasteiger partial charge in [-0.1, -0.05) is 19.9 Å². The minimum Gasteiger partial charge on any atom is -0.394 e. The molecule has 0 spiro atoms. The fourth-order valence-electron chi connectivity index (χ4n) is 2.82. The number of nitrogens with zero attached hydrogens (tertiary/aromatic N) is 1. The molecule has 1 unspecified atom stereocenters. The molecule has 1 saturated heterocycles. The molecular weight excluding hydrogens is 255 g/mol. The highest BCUT2D eigenvalue weighted by Gasteiger charge is 2.26. The van der Waals surface area contributed by atoms with Gasteiger partial charge < -0.3 is 15.3 Å². The lowest BCUT2D eigenvalue weighted by Gasteiger charge is -2.28. The molecule has 1 atom stereocenters. The Labute approximate surface area is 120 Å². The predicted molar refractivity (Wildman–Crippen MR) is 80.4 cm³/mol. The molecule has 1 aromatic rings. The van der Waals surface area contributed by atoms with Gasteiger partial charge in [0.2, 0.25) is 0 Å². The number of nitrogens with one attached hydrogen (secondary N) is 1. The Kier molecular flexibility index (Phi) is 5.38. The first-order valence-electron chi connectivity index (χ1n) is 7.49. The van der Waals surface area contributed by atoms with Crippen LogP contribution in [0.15, 0.2) is 18.2 Å². The second-order valence-corrected chi connectivity index (χ2v) is 5.93. The van der Waals surface area contributed by atoms with E-state index in [2.05, 4.69) is 24.1 Å². The van der Waals surface area contributed by atoms with Gasteiger partial charge in [0.25, 0.3) is 0 Å². The van der Waals surface area contributed by atoms with Gasteiger partial charge in [0.05, 0.1) is 12.6 Å². The highest BCUT2D eigenvalue weighted by molar-refractivity contribution is 5.55. The zero-order valence-electron chi connectivity index (χ0n) is 12.4. The van der Waals surface area contributed by atoms with E-state index in [9.17, 15) is 9.50 Å². The first-order valence-corrected chi connectivity index (χ1v) is 7.49. The molecule has 1 heterocycles. The quantitative estimate of drug-likeness (QED) is 0.840. The summed E-state index contributed by atoms with van der Waals surface area (Å²) in [6, 6.07) is 5.35. The molecule has 1 aliphatic heterocycles. The van der Waals surface area contributed by atoms with Crippen LogP contribution in [0.1, 0.15) is 32.3 Å². The lowest BCUT2D eigenvalue weighted by molar-refractivity contribution is 0.266. The van der Waals surface area contributed by atoms with Gasteiger partial charge in [0, 0.05) is 24.3 Å². The second-order valence-electron chi connectivity index (χ2n) is 5.93. The van der Waals surface area contributed by atoms with E-state index >= 15 is 0 Å². The number of hydrogen-bond donors (Lipinski definition) is 2.